The number of hydrogen-bond acceptors (Lipinski definition) is 3. The zero-order valence-corrected chi connectivity index (χ0v) is 13.9. The van der Waals surface area contributed by atoms with Crippen molar-refractivity contribution in [2.75, 3.05) is 14.1 Å². The fourth-order valence-corrected chi connectivity index (χ4v) is 5.47. The fourth-order valence-electron chi connectivity index (χ4n) is 5.47. The van der Waals surface area contributed by atoms with Crippen molar-refractivity contribution in [2.24, 2.45) is 5.92 Å². The molecule has 0 spiro atoms. The first-order chi connectivity index (χ1) is 11.0. The fraction of sp³-hybridized carbons (Fsp3) is 0.611. The molecule has 5 rings (SSSR count). The van der Waals surface area contributed by atoms with E-state index in [2.05, 4.69) is 42.4 Å². The van der Waals surface area contributed by atoms with Crippen molar-refractivity contribution < 1.29 is 9.53 Å². The van der Waals surface area contributed by atoms with Crippen molar-refractivity contribution in [2.45, 2.75) is 50.0 Å². The van der Waals surface area contributed by atoms with Crippen LogP contribution in [0.15, 0.2) is 18.2 Å². The van der Waals surface area contributed by atoms with Gasteiger partial charge in [0.1, 0.15) is 5.75 Å². The van der Waals surface area contributed by atoms with Gasteiger partial charge in [0.15, 0.2) is 5.72 Å². The first-order valence-electron chi connectivity index (χ1n) is 8.57. The number of ether oxygens (including phenoxy) is 1. The molecular weight excluding hydrogens is 290 g/mol. The molecular formula is C18H23N3O2. The van der Waals surface area contributed by atoms with Crippen molar-refractivity contribution in [1.29, 1.82) is 0 Å². The average molecular weight is 313 g/mol. The van der Waals surface area contributed by atoms with Crippen LogP contribution in [0.3, 0.4) is 0 Å². The molecule has 4 bridgehead atoms. The van der Waals surface area contributed by atoms with Gasteiger partial charge >= 0.3 is 6.03 Å². The number of carbonyl (C=O) groups is 1. The Labute approximate surface area is 136 Å². The van der Waals surface area contributed by atoms with Crippen molar-refractivity contribution in [1.82, 2.24) is 15.1 Å². The van der Waals surface area contributed by atoms with Gasteiger partial charge in [0.25, 0.3) is 0 Å². The Kier molecular flexibility index (Phi) is 2.50. The van der Waals surface area contributed by atoms with Gasteiger partial charge in [-0.05, 0) is 32.9 Å². The molecule has 4 aliphatic heterocycles. The number of benzene rings is 1. The average Bonchev–Trinajstić information content (AvgIpc) is 2.77. The van der Waals surface area contributed by atoms with E-state index in [9.17, 15) is 4.79 Å². The molecule has 0 saturated carbocycles. The van der Waals surface area contributed by atoms with Gasteiger partial charge in [0, 0.05) is 31.1 Å². The van der Waals surface area contributed by atoms with Crippen molar-refractivity contribution in [3.63, 3.8) is 0 Å². The van der Waals surface area contributed by atoms with E-state index in [1.807, 2.05) is 11.9 Å². The van der Waals surface area contributed by atoms with Gasteiger partial charge in [-0.3, -0.25) is 9.80 Å². The molecule has 0 aliphatic carbocycles. The molecule has 5 atom stereocenters. The molecule has 1 aromatic rings. The van der Waals surface area contributed by atoms with Crippen LogP contribution in [0, 0.1) is 12.8 Å². The van der Waals surface area contributed by atoms with E-state index in [1.165, 1.54) is 18.4 Å². The van der Waals surface area contributed by atoms with Gasteiger partial charge < -0.3 is 10.1 Å². The zero-order valence-electron chi connectivity index (χ0n) is 13.9. The van der Waals surface area contributed by atoms with E-state index in [4.69, 9.17) is 4.74 Å². The van der Waals surface area contributed by atoms with Crippen LogP contribution in [0.5, 0.6) is 5.75 Å². The number of carbonyl (C=O) groups excluding carboxylic acids is 1. The maximum Gasteiger partial charge on any atom is 0.320 e. The number of amides is 2. The van der Waals surface area contributed by atoms with Gasteiger partial charge in [0.2, 0.25) is 0 Å². The number of aryl methyl sites for hydroxylation is 1. The molecule has 5 unspecified atom stereocenters. The van der Waals surface area contributed by atoms with E-state index in [1.54, 1.807) is 0 Å². The quantitative estimate of drug-likeness (QED) is 0.799. The zero-order chi connectivity index (χ0) is 15.9. The number of hydrogen-bond donors (Lipinski definition) is 1. The van der Waals surface area contributed by atoms with Crippen LogP contribution >= 0.6 is 0 Å². The smallest absolute Gasteiger partial charge is 0.320 e. The summed E-state index contributed by atoms with van der Waals surface area (Å²) < 4.78 is 6.60. The highest BCUT2D eigenvalue weighted by atomic mass is 16.5. The lowest BCUT2D eigenvalue weighted by atomic mass is 9.71. The Hall–Kier alpha value is -1.75. The molecule has 1 N–H and O–H groups in total. The summed E-state index contributed by atoms with van der Waals surface area (Å²) in [6.07, 6.45) is 3.30. The van der Waals surface area contributed by atoms with Crippen LogP contribution in [0.4, 0.5) is 4.79 Å². The van der Waals surface area contributed by atoms with E-state index in [0.29, 0.717) is 12.1 Å². The molecule has 3 saturated heterocycles. The first kappa shape index (κ1) is 13.7. The van der Waals surface area contributed by atoms with Gasteiger partial charge in [-0.2, -0.15) is 0 Å². The minimum atomic E-state index is -0.492. The van der Waals surface area contributed by atoms with Crippen LogP contribution in [0.2, 0.25) is 0 Å². The number of urea groups is 1. The molecule has 0 radical (unpaired) electrons. The predicted molar refractivity (Wildman–Crippen MR) is 86.3 cm³/mol. The maximum absolute atomic E-state index is 12.6. The van der Waals surface area contributed by atoms with E-state index in [-0.39, 0.29) is 18.0 Å². The van der Waals surface area contributed by atoms with Gasteiger partial charge in [0.05, 0.1) is 12.0 Å². The van der Waals surface area contributed by atoms with Crippen LogP contribution in [0.25, 0.3) is 0 Å². The SMILES string of the molecule is Cc1ccc2c(c1)C1NC(=O)N(C)C3(CC4CCC(C13)N4C)O2. The number of piperidine rings is 1. The summed E-state index contributed by atoms with van der Waals surface area (Å²) in [6, 6.07) is 7.36. The second-order valence-electron chi connectivity index (χ2n) is 7.67. The Morgan fingerprint density at radius 2 is 2.13 bits per heavy atom. The minimum Gasteiger partial charge on any atom is -0.467 e. The van der Waals surface area contributed by atoms with Gasteiger partial charge in [-0.1, -0.05) is 17.7 Å². The lowest BCUT2D eigenvalue weighted by Crippen LogP contribution is -2.75. The summed E-state index contributed by atoms with van der Waals surface area (Å²) in [5, 5.41) is 3.26. The molecule has 23 heavy (non-hydrogen) atoms. The third kappa shape index (κ3) is 1.54. The summed E-state index contributed by atoms with van der Waals surface area (Å²) >= 11 is 0. The highest BCUT2D eigenvalue weighted by molar-refractivity contribution is 5.77. The van der Waals surface area contributed by atoms with Crippen LogP contribution in [-0.4, -0.2) is 47.7 Å². The normalized spacial score (nSPS) is 41.0. The highest BCUT2D eigenvalue weighted by Crippen LogP contribution is 2.57. The predicted octanol–water partition coefficient (Wildman–Crippen LogP) is 2.26. The van der Waals surface area contributed by atoms with Crippen molar-refractivity contribution in [3.8, 4) is 5.75 Å². The molecule has 2 amide bonds. The lowest BCUT2D eigenvalue weighted by molar-refractivity contribution is -0.184. The van der Waals surface area contributed by atoms with Crippen molar-refractivity contribution >= 4 is 6.03 Å². The van der Waals surface area contributed by atoms with Crippen LogP contribution in [-0.2, 0) is 0 Å². The second-order valence-corrected chi connectivity index (χ2v) is 7.67. The molecule has 3 fully saturated rings. The molecule has 1 aromatic carbocycles. The number of fused-ring (bicyclic) bond motifs is 4. The Morgan fingerprint density at radius 3 is 2.96 bits per heavy atom. The van der Waals surface area contributed by atoms with Crippen LogP contribution < -0.4 is 10.1 Å². The Balaban J connectivity index is 1.73. The standard InChI is InChI=1S/C18H23N3O2/c1-10-4-7-14-12(8-10)16-15-13-6-5-11(20(13)2)9-18(15,23-14)21(3)17(22)19-16/h4,7-8,11,13,15-16H,5-6,9H2,1-3H3,(H,19,22). The van der Waals surface area contributed by atoms with Gasteiger partial charge in [-0.25, -0.2) is 4.79 Å². The Morgan fingerprint density at radius 1 is 1.30 bits per heavy atom. The highest BCUT2D eigenvalue weighted by Gasteiger charge is 2.66. The summed E-state index contributed by atoms with van der Waals surface area (Å²) in [4.78, 5) is 16.9. The summed E-state index contributed by atoms with van der Waals surface area (Å²) in [5.74, 6) is 1.22. The Bertz CT molecular complexity index is 706. The van der Waals surface area contributed by atoms with Crippen LogP contribution in [0.1, 0.15) is 36.4 Å². The molecule has 122 valence electrons. The van der Waals surface area contributed by atoms with E-state index in [0.717, 1.165) is 17.7 Å². The summed E-state index contributed by atoms with van der Waals surface area (Å²) in [7, 11) is 4.13. The van der Waals surface area contributed by atoms with Crippen molar-refractivity contribution in [3.05, 3.63) is 29.3 Å². The topological polar surface area (TPSA) is 44.8 Å². The third-order valence-corrected chi connectivity index (χ3v) is 6.66. The molecule has 4 aliphatic rings. The molecule has 0 aromatic heterocycles. The molecule has 5 heteroatoms. The summed E-state index contributed by atoms with van der Waals surface area (Å²) in [5.41, 5.74) is 1.86. The largest absolute Gasteiger partial charge is 0.467 e. The van der Waals surface area contributed by atoms with E-state index < -0.39 is 5.72 Å². The number of nitrogens with zero attached hydrogens (tertiary/aromatic N) is 2. The number of nitrogens with one attached hydrogen (secondary N) is 1. The monoisotopic (exact) mass is 313 g/mol. The number of rotatable bonds is 0. The maximum atomic E-state index is 12.6. The minimum absolute atomic E-state index is 0.0117. The van der Waals surface area contributed by atoms with Gasteiger partial charge in [-0.15, -0.1) is 0 Å². The second kappa shape index (κ2) is 4.20. The summed E-state index contributed by atoms with van der Waals surface area (Å²) in [6.45, 7) is 2.09. The molecule has 4 heterocycles. The van der Waals surface area contributed by atoms with E-state index >= 15 is 0 Å². The first-order valence-corrected chi connectivity index (χ1v) is 8.57. The lowest BCUT2D eigenvalue weighted by Gasteiger charge is -2.61. The third-order valence-electron chi connectivity index (χ3n) is 6.66. The molecule has 5 nitrogen and oxygen atoms in total.